The van der Waals surface area contributed by atoms with Crippen molar-refractivity contribution in [2.75, 3.05) is 13.2 Å². The van der Waals surface area contributed by atoms with Crippen molar-refractivity contribution in [2.45, 2.75) is 49.3 Å². The number of nitrogens with one attached hydrogen (secondary N) is 3. The first kappa shape index (κ1) is 24.0. The van der Waals surface area contributed by atoms with Crippen LogP contribution in [-0.2, 0) is 9.59 Å². The lowest BCUT2D eigenvalue weighted by Crippen LogP contribution is -2.70. The minimum atomic E-state index is -0.854. The third kappa shape index (κ3) is 4.83. The Hall–Kier alpha value is -3.73. The van der Waals surface area contributed by atoms with Crippen LogP contribution in [0.5, 0.6) is 11.5 Å². The zero-order valence-electron chi connectivity index (χ0n) is 19.4. The fraction of sp³-hybridized carbons (Fsp3) is 0.400. The number of aromatic nitrogens is 2. The molecule has 2 bridgehead atoms. The third-order valence-electron chi connectivity index (χ3n) is 7.15. The number of hydrogen-bond acceptors (Lipinski definition) is 6. The summed E-state index contributed by atoms with van der Waals surface area (Å²) < 4.78 is 38.0. The number of amides is 2. The van der Waals surface area contributed by atoms with Crippen molar-refractivity contribution in [1.29, 1.82) is 0 Å². The van der Waals surface area contributed by atoms with Crippen molar-refractivity contribution >= 4 is 22.7 Å². The summed E-state index contributed by atoms with van der Waals surface area (Å²) >= 11 is 0. The molecule has 3 aromatic rings. The van der Waals surface area contributed by atoms with Crippen molar-refractivity contribution in [3.05, 3.63) is 54.2 Å². The Morgan fingerprint density at radius 1 is 1.00 bits per heavy atom. The zero-order chi connectivity index (χ0) is 25.3. The highest BCUT2D eigenvalue weighted by molar-refractivity contribution is 5.81. The van der Waals surface area contributed by atoms with E-state index in [2.05, 4.69) is 20.8 Å². The van der Waals surface area contributed by atoms with Gasteiger partial charge in [-0.15, -0.1) is 0 Å². The molecule has 11 heteroatoms. The Labute approximate surface area is 205 Å². The van der Waals surface area contributed by atoms with E-state index in [1.807, 2.05) is 0 Å². The second-order valence-electron chi connectivity index (χ2n) is 9.52. The smallest absolute Gasteiger partial charge is 0.258 e. The molecule has 36 heavy (non-hydrogen) atoms. The van der Waals surface area contributed by atoms with E-state index in [-0.39, 0.29) is 37.2 Å². The number of hydrogen-bond donors (Lipinski definition) is 4. The number of halogens is 2. The Bertz CT molecular complexity index is 1270. The number of fused-ring (bicyclic) bond motifs is 4. The summed E-state index contributed by atoms with van der Waals surface area (Å²) in [6, 6.07) is 8.12. The molecule has 0 spiro atoms. The lowest BCUT2D eigenvalue weighted by atomic mass is 9.60. The number of aliphatic hydroxyl groups is 1. The molecule has 1 atom stereocenters. The van der Waals surface area contributed by atoms with Crippen LogP contribution in [0, 0.1) is 11.6 Å². The molecule has 3 aliphatic rings. The first-order valence-corrected chi connectivity index (χ1v) is 11.7. The van der Waals surface area contributed by atoms with Crippen LogP contribution in [0.25, 0.3) is 10.9 Å². The lowest BCUT2D eigenvalue weighted by Gasteiger charge is -2.56. The highest BCUT2D eigenvalue weighted by Crippen LogP contribution is 2.47. The SMILES string of the molecule is O=C(COc1cc(F)c2cn[nH]c2c1)NC12CCC(NC(=O)COc3ccc(F)cc3)(CC1)[C@@H](O)C2. The summed E-state index contributed by atoms with van der Waals surface area (Å²) in [5.41, 5.74) is -0.924. The molecule has 6 rings (SSSR count). The van der Waals surface area contributed by atoms with Crippen LogP contribution in [0.15, 0.2) is 42.6 Å². The van der Waals surface area contributed by atoms with E-state index in [4.69, 9.17) is 9.47 Å². The molecule has 2 amide bonds. The number of aromatic amines is 1. The van der Waals surface area contributed by atoms with Gasteiger partial charge in [-0.3, -0.25) is 14.7 Å². The Morgan fingerprint density at radius 3 is 2.36 bits per heavy atom. The van der Waals surface area contributed by atoms with E-state index in [1.165, 1.54) is 36.5 Å². The van der Waals surface area contributed by atoms with Gasteiger partial charge in [0.1, 0.15) is 23.1 Å². The van der Waals surface area contributed by atoms with E-state index in [0.717, 1.165) is 0 Å². The molecule has 4 N–H and O–H groups in total. The van der Waals surface area contributed by atoms with Crippen LogP contribution in [0.2, 0.25) is 0 Å². The first-order chi connectivity index (χ1) is 17.3. The molecular weight excluding hydrogens is 474 g/mol. The van der Waals surface area contributed by atoms with Crippen molar-refractivity contribution in [1.82, 2.24) is 20.8 Å². The van der Waals surface area contributed by atoms with Crippen molar-refractivity contribution in [3.8, 4) is 11.5 Å². The van der Waals surface area contributed by atoms with Crippen LogP contribution in [0.3, 0.4) is 0 Å². The summed E-state index contributed by atoms with van der Waals surface area (Å²) in [7, 11) is 0. The molecular formula is C25H26F2N4O5. The maximum atomic E-state index is 14.1. The number of H-pyrrole nitrogens is 1. The number of ether oxygens (including phenoxy) is 2. The van der Waals surface area contributed by atoms with Crippen molar-refractivity contribution < 1.29 is 33.0 Å². The number of benzene rings is 2. The second-order valence-corrected chi connectivity index (χ2v) is 9.52. The van der Waals surface area contributed by atoms with Gasteiger partial charge in [0.05, 0.1) is 28.7 Å². The Kier molecular flexibility index (Phi) is 6.25. The fourth-order valence-corrected chi connectivity index (χ4v) is 5.20. The van der Waals surface area contributed by atoms with Crippen molar-refractivity contribution in [3.63, 3.8) is 0 Å². The van der Waals surface area contributed by atoms with Crippen LogP contribution in [-0.4, -0.2) is 57.5 Å². The predicted molar refractivity (Wildman–Crippen MR) is 124 cm³/mol. The van der Waals surface area contributed by atoms with E-state index >= 15 is 0 Å². The Morgan fingerprint density at radius 2 is 1.67 bits per heavy atom. The van der Waals surface area contributed by atoms with Crippen LogP contribution in [0.4, 0.5) is 8.78 Å². The summed E-state index contributed by atoms with van der Waals surface area (Å²) in [6.07, 6.45) is 2.92. The summed E-state index contributed by atoms with van der Waals surface area (Å²) in [5, 5.41) is 23.6. The fourth-order valence-electron chi connectivity index (χ4n) is 5.20. The molecule has 2 aromatic carbocycles. The molecule has 1 heterocycles. The van der Waals surface area contributed by atoms with E-state index in [1.54, 1.807) is 6.07 Å². The molecule has 0 aliphatic heterocycles. The number of rotatable bonds is 8. The minimum absolute atomic E-state index is 0.203. The second kappa shape index (κ2) is 9.38. The van der Waals surface area contributed by atoms with Crippen LogP contribution in [0.1, 0.15) is 32.1 Å². The average molecular weight is 501 g/mol. The third-order valence-corrected chi connectivity index (χ3v) is 7.15. The molecule has 190 valence electrons. The molecule has 0 radical (unpaired) electrons. The van der Waals surface area contributed by atoms with Crippen LogP contribution < -0.4 is 20.1 Å². The summed E-state index contributed by atoms with van der Waals surface area (Å²) in [5.74, 6) is -1.09. The van der Waals surface area contributed by atoms with Crippen molar-refractivity contribution in [2.24, 2.45) is 0 Å². The quantitative estimate of drug-likeness (QED) is 0.376. The van der Waals surface area contributed by atoms with E-state index in [9.17, 15) is 23.5 Å². The summed E-state index contributed by atoms with van der Waals surface area (Å²) in [4.78, 5) is 25.1. The predicted octanol–water partition coefficient (Wildman–Crippen LogP) is 2.35. The molecule has 1 aromatic heterocycles. The number of carbonyl (C=O) groups excluding carboxylic acids is 2. The van der Waals surface area contributed by atoms with Gasteiger partial charge >= 0.3 is 0 Å². The topological polar surface area (TPSA) is 126 Å². The minimum Gasteiger partial charge on any atom is -0.484 e. The van der Waals surface area contributed by atoms with Gasteiger partial charge in [-0.1, -0.05) is 0 Å². The maximum Gasteiger partial charge on any atom is 0.258 e. The lowest BCUT2D eigenvalue weighted by molar-refractivity contribution is -0.137. The molecule has 9 nitrogen and oxygen atoms in total. The largest absolute Gasteiger partial charge is 0.484 e. The van der Waals surface area contributed by atoms with Gasteiger partial charge in [-0.2, -0.15) is 5.10 Å². The molecule has 3 fully saturated rings. The van der Waals surface area contributed by atoms with E-state index < -0.39 is 28.8 Å². The van der Waals surface area contributed by atoms with Gasteiger partial charge in [0.25, 0.3) is 11.8 Å². The normalized spacial score (nSPS) is 24.9. The zero-order valence-corrected chi connectivity index (χ0v) is 19.4. The first-order valence-electron chi connectivity index (χ1n) is 11.7. The monoisotopic (exact) mass is 500 g/mol. The molecule has 3 saturated carbocycles. The number of nitrogens with zero attached hydrogens (tertiary/aromatic N) is 1. The molecule has 0 unspecified atom stereocenters. The molecule has 0 saturated heterocycles. The van der Waals surface area contributed by atoms with Gasteiger partial charge in [-0.25, -0.2) is 8.78 Å². The maximum absolute atomic E-state index is 14.1. The number of carbonyl (C=O) groups is 2. The number of aliphatic hydroxyl groups excluding tert-OH is 1. The van der Waals surface area contributed by atoms with Gasteiger partial charge in [-0.05, 0) is 56.4 Å². The highest BCUT2D eigenvalue weighted by Gasteiger charge is 2.55. The van der Waals surface area contributed by atoms with Gasteiger partial charge in [0.15, 0.2) is 13.2 Å². The Balaban J connectivity index is 1.13. The van der Waals surface area contributed by atoms with E-state index in [0.29, 0.717) is 42.3 Å². The highest BCUT2D eigenvalue weighted by atomic mass is 19.1. The summed E-state index contributed by atoms with van der Waals surface area (Å²) in [6.45, 7) is -0.566. The standard InChI is InChI=1S/C25H26F2N4O5/c26-15-1-3-16(4-2-15)35-14-23(34)30-25-7-5-24(6-8-25,11-21(25)32)29-22(33)13-36-17-9-19(27)18-12-28-31-20(18)10-17/h1-4,9-10,12,21,32H,5-8,11,13-14H2,(H,28,31)(H,29,33)(H,30,34)/t21-,24?,25?/m0/s1. The average Bonchev–Trinajstić information content (AvgIpc) is 3.33. The van der Waals surface area contributed by atoms with Gasteiger partial charge in [0.2, 0.25) is 0 Å². The van der Waals surface area contributed by atoms with Gasteiger partial charge < -0.3 is 25.2 Å². The molecule has 3 aliphatic carbocycles. The van der Waals surface area contributed by atoms with Crippen LogP contribution >= 0.6 is 0 Å². The van der Waals surface area contributed by atoms with Gasteiger partial charge in [0, 0.05) is 17.7 Å².